The van der Waals surface area contributed by atoms with Gasteiger partial charge in [-0.15, -0.1) is 13.2 Å². The Labute approximate surface area is 276 Å². The van der Waals surface area contributed by atoms with Crippen molar-refractivity contribution < 1.29 is 22.7 Å². The van der Waals surface area contributed by atoms with Gasteiger partial charge in [0.2, 0.25) is 0 Å². The number of ether oxygens (including phenoxy) is 2. The lowest BCUT2D eigenvalue weighted by Crippen LogP contribution is -2.17. The van der Waals surface area contributed by atoms with Crippen molar-refractivity contribution >= 4 is 59.5 Å². The number of carbonyl (C=O) groups excluding carboxylic acids is 2. The van der Waals surface area contributed by atoms with E-state index in [-0.39, 0.29) is 22.8 Å². The van der Waals surface area contributed by atoms with E-state index in [4.69, 9.17) is 13.1 Å². The topological polar surface area (TPSA) is 61.8 Å². The lowest BCUT2D eigenvalue weighted by atomic mass is 9.86. The maximum absolute atomic E-state index is 12.5. The van der Waals surface area contributed by atoms with Crippen molar-refractivity contribution in [2.24, 2.45) is 0 Å². The van der Waals surface area contributed by atoms with Crippen LogP contribution in [0.5, 0.6) is 11.5 Å². The van der Waals surface area contributed by atoms with Gasteiger partial charge in [0.05, 0.1) is 12.8 Å². The number of rotatable bonds is 16. The molecule has 0 aliphatic rings. The largest absolute Gasteiger partial charge is 0.426 e. The van der Waals surface area contributed by atoms with Crippen LogP contribution in [0.1, 0.15) is 76.6 Å². The van der Waals surface area contributed by atoms with Crippen molar-refractivity contribution in [3.05, 3.63) is 71.8 Å². The first-order valence-corrected chi connectivity index (χ1v) is 18.1. The van der Waals surface area contributed by atoms with E-state index < -0.39 is 0 Å². The van der Waals surface area contributed by atoms with E-state index in [0.29, 0.717) is 35.8 Å². The van der Waals surface area contributed by atoms with Crippen molar-refractivity contribution in [2.45, 2.75) is 88.9 Å². The highest BCUT2D eigenvalue weighted by Gasteiger charge is 2.25. The summed E-state index contributed by atoms with van der Waals surface area (Å²) in [7, 11) is 0. The summed E-state index contributed by atoms with van der Waals surface area (Å²) in [5.41, 5.74) is 3.34. The van der Waals surface area contributed by atoms with E-state index in [1.54, 1.807) is 23.5 Å². The highest BCUT2D eigenvalue weighted by atomic mass is 32.2. The molecule has 0 fully saturated rings. The van der Waals surface area contributed by atoms with E-state index in [1.165, 1.54) is 24.1 Å². The third-order valence-corrected chi connectivity index (χ3v) is 9.95. The van der Waals surface area contributed by atoms with Gasteiger partial charge in [-0.2, -0.15) is 23.5 Å². The molecule has 2 rings (SSSR count). The predicted octanol–water partition coefficient (Wildman–Crippen LogP) is 10.1. The molecule has 2 aromatic carbocycles. The number of thioether (sulfide) groups is 2. The average Bonchev–Trinajstić information content (AvgIpc) is 2.90. The van der Waals surface area contributed by atoms with Gasteiger partial charge in [-0.1, -0.05) is 53.7 Å². The molecule has 0 aliphatic carbocycles. The fourth-order valence-electron chi connectivity index (χ4n) is 3.93. The summed E-state index contributed by atoms with van der Waals surface area (Å²) >= 11 is 5.89. The zero-order chi connectivity index (χ0) is 32.2. The highest BCUT2D eigenvalue weighted by molar-refractivity contribution is 8.08. The summed E-state index contributed by atoms with van der Waals surface area (Å²) in [5.74, 6) is 3.74. The Kier molecular flexibility index (Phi) is 15.3. The zero-order valence-electron chi connectivity index (χ0n) is 26.8. The molecule has 0 saturated heterocycles. The zero-order valence-corrected chi connectivity index (χ0v) is 30.1. The molecule has 0 spiro atoms. The molecule has 0 radical (unpaired) electrons. The summed E-state index contributed by atoms with van der Waals surface area (Å²) in [6, 6.07) is 7.96. The van der Waals surface area contributed by atoms with Crippen LogP contribution in [0.3, 0.4) is 0 Å². The minimum Gasteiger partial charge on any atom is -0.426 e. The number of benzene rings is 2. The molecule has 0 amide bonds. The molecular weight excluding hydrogens is 617 g/mol. The molecule has 0 unspecified atom stereocenters. The Morgan fingerprint density at radius 3 is 1.40 bits per heavy atom. The van der Waals surface area contributed by atoms with E-state index in [1.807, 2.05) is 38.1 Å². The third-order valence-electron chi connectivity index (χ3n) is 6.24. The molecule has 0 aromatic heterocycles. The van der Waals surface area contributed by atoms with Crippen molar-refractivity contribution in [1.82, 2.24) is 0 Å². The first kappa shape index (κ1) is 37.4. The van der Waals surface area contributed by atoms with Crippen LogP contribution in [0, 0.1) is 13.8 Å². The van der Waals surface area contributed by atoms with Crippen LogP contribution in [0.25, 0.3) is 0 Å². The maximum atomic E-state index is 12.5. The lowest BCUT2D eigenvalue weighted by Gasteiger charge is -2.24. The second kappa shape index (κ2) is 17.6. The van der Waals surface area contributed by atoms with E-state index in [9.17, 15) is 9.59 Å². The second-order valence-electron chi connectivity index (χ2n) is 12.1. The fraction of sp³-hybridized carbons (Fsp3) is 0.471. The van der Waals surface area contributed by atoms with E-state index in [2.05, 4.69) is 66.8 Å². The summed E-state index contributed by atoms with van der Waals surface area (Å²) in [6.45, 7) is 24.0. The first-order valence-electron chi connectivity index (χ1n) is 14.3. The van der Waals surface area contributed by atoms with Crippen LogP contribution in [-0.2, 0) is 24.0 Å². The molecule has 0 aliphatic heterocycles. The number of aryl methyl sites for hydroxylation is 2. The van der Waals surface area contributed by atoms with Gasteiger partial charge < -0.3 is 9.47 Å². The van der Waals surface area contributed by atoms with Gasteiger partial charge in [0.1, 0.15) is 11.5 Å². The standard InChI is InChI=1S/C34H46O5S4/c1-11-15-40-17-13-31(35)37-27-19-23(3)29(21-25(27)33(5,6)7)42-39-43-30-22-26(34(8,9)10)28(20-24(30)4)38-32(36)14-18-41-16-12-2/h11-12,19-22H,1-2,13-18H2,3-10H3. The van der Waals surface area contributed by atoms with Crippen LogP contribution in [0.4, 0.5) is 0 Å². The summed E-state index contributed by atoms with van der Waals surface area (Å²) in [5, 5.41) is 0. The Morgan fingerprint density at radius 2 is 1.07 bits per heavy atom. The van der Waals surface area contributed by atoms with Crippen molar-refractivity contribution in [2.75, 3.05) is 23.0 Å². The molecule has 0 atom stereocenters. The van der Waals surface area contributed by atoms with Gasteiger partial charge in [0, 0.05) is 68.0 Å². The van der Waals surface area contributed by atoms with Gasteiger partial charge in [0.25, 0.3) is 0 Å². The molecule has 0 N–H and O–H groups in total. The fourth-order valence-corrected chi connectivity index (χ4v) is 6.65. The molecule has 43 heavy (non-hydrogen) atoms. The third kappa shape index (κ3) is 12.6. The van der Waals surface area contributed by atoms with E-state index >= 15 is 0 Å². The van der Waals surface area contributed by atoms with Gasteiger partial charge in [-0.05, 0) is 60.1 Å². The number of hydrogen-bond acceptors (Lipinski definition) is 9. The SMILES string of the molecule is C=CCSCCC(=O)Oc1cc(C)c(SOSc2cc(C(C)(C)C)c(OC(=O)CCSCC=C)cc2C)cc1C(C)(C)C. The van der Waals surface area contributed by atoms with Crippen LogP contribution in [0.2, 0.25) is 0 Å². The van der Waals surface area contributed by atoms with Crippen molar-refractivity contribution in [3.63, 3.8) is 0 Å². The van der Waals surface area contributed by atoms with Crippen LogP contribution >= 0.6 is 47.6 Å². The van der Waals surface area contributed by atoms with Crippen LogP contribution < -0.4 is 9.47 Å². The maximum Gasteiger partial charge on any atom is 0.312 e. The van der Waals surface area contributed by atoms with E-state index in [0.717, 1.165) is 43.6 Å². The quantitative estimate of drug-likeness (QED) is 0.0574. The summed E-state index contributed by atoms with van der Waals surface area (Å²) in [4.78, 5) is 27.0. The summed E-state index contributed by atoms with van der Waals surface area (Å²) in [6.07, 6.45) is 4.36. The predicted molar refractivity (Wildman–Crippen MR) is 188 cm³/mol. The minimum atomic E-state index is -0.237. The summed E-state index contributed by atoms with van der Waals surface area (Å²) < 4.78 is 17.7. The molecular formula is C34H46O5S4. The highest BCUT2D eigenvalue weighted by Crippen LogP contribution is 2.42. The Hall–Kier alpha value is -1.78. The van der Waals surface area contributed by atoms with Gasteiger partial charge in [-0.25, -0.2) is 3.63 Å². The lowest BCUT2D eigenvalue weighted by molar-refractivity contribution is -0.134. The van der Waals surface area contributed by atoms with Crippen LogP contribution in [-0.4, -0.2) is 35.0 Å². The van der Waals surface area contributed by atoms with Crippen LogP contribution in [0.15, 0.2) is 59.4 Å². The molecule has 0 saturated carbocycles. The number of carbonyl (C=O) groups is 2. The number of esters is 2. The molecule has 2 aromatic rings. The monoisotopic (exact) mass is 662 g/mol. The second-order valence-corrected chi connectivity index (χ2v) is 16.2. The molecule has 236 valence electrons. The Bertz CT molecular complexity index is 1180. The van der Waals surface area contributed by atoms with Gasteiger partial charge >= 0.3 is 11.9 Å². The normalized spacial score (nSPS) is 11.7. The molecule has 9 heteroatoms. The van der Waals surface area contributed by atoms with Gasteiger partial charge in [0.15, 0.2) is 0 Å². The van der Waals surface area contributed by atoms with Crippen molar-refractivity contribution in [1.29, 1.82) is 0 Å². The Balaban J connectivity index is 2.18. The Morgan fingerprint density at radius 1 is 0.698 bits per heavy atom. The first-order chi connectivity index (χ1) is 20.2. The minimum absolute atomic E-state index is 0.237. The smallest absolute Gasteiger partial charge is 0.312 e. The average molecular weight is 663 g/mol. The van der Waals surface area contributed by atoms with Crippen molar-refractivity contribution in [3.8, 4) is 11.5 Å². The van der Waals surface area contributed by atoms with Gasteiger partial charge in [-0.3, -0.25) is 9.59 Å². The molecule has 5 nitrogen and oxygen atoms in total. The molecule has 0 bridgehead atoms. The number of hydrogen-bond donors (Lipinski definition) is 0. The molecule has 0 heterocycles.